The minimum Gasteiger partial charge on any atom is -0.490 e. The Hall–Kier alpha value is -4.21. The van der Waals surface area contributed by atoms with Crippen LogP contribution in [0.5, 0.6) is 11.5 Å². The molecule has 0 saturated heterocycles. The normalized spacial score (nSPS) is 11.7. The number of alkyl halides is 1. The Balaban J connectivity index is 1.99. The van der Waals surface area contributed by atoms with Gasteiger partial charge >= 0.3 is 0 Å². The van der Waals surface area contributed by atoms with Gasteiger partial charge in [-0.15, -0.1) is 0 Å². The van der Waals surface area contributed by atoms with Gasteiger partial charge in [-0.05, 0) is 45.0 Å². The number of allylic oxidation sites excluding steroid dienone is 1. The zero-order valence-electron chi connectivity index (χ0n) is 19.9. The topological polar surface area (TPSA) is 135 Å². The number of rotatable bonds is 10. The number of amides is 1. The molecule has 0 saturated carbocycles. The number of anilines is 1. The molecule has 0 atom stereocenters. The van der Waals surface area contributed by atoms with E-state index in [1.54, 1.807) is 36.4 Å². The Morgan fingerprint density at radius 3 is 2.63 bits per heavy atom. The van der Waals surface area contributed by atoms with Crippen LogP contribution in [0.1, 0.15) is 20.8 Å². The summed E-state index contributed by atoms with van der Waals surface area (Å²) in [4.78, 5) is 21.4. The van der Waals surface area contributed by atoms with E-state index in [0.29, 0.717) is 45.3 Å². The van der Waals surface area contributed by atoms with E-state index in [2.05, 4.69) is 20.6 Å². The van der Waals surface area contributed by atoms with E-state index in [-0.39, 0.29) is 24.7 Å². The van der Waals surface area contributed by atoms with Crippen LogP contribution in [0.4, 0.5) is 10.2 Å². The first-order valence-electron chi connectivity index (χ1n) is 11.0. The number of benzene rings is 2. The molecule has 3 rings (SSSR count). The maximum absolute atomic E-state index is 12.8. The summed E-state index contributed by atoms with van der Waals surface area (Å²) >= 11 is 0. The first kappa shape index (κ1) is 25.4. The quantitative estimate of drug-likeness (QED) is 0.324. The second-order valence-corrected chi connectivity index (χ2v) is 8.59. The third-order valence-corrected chi connectivity index (χ3v) is 4.59. The van der Waals surface area contributed by atoms with Crippen molar-refractivity contribution < 1.29 is 18.7 Å². The van der Waals surface area contributed by atoms with Crippen molar-refractivity contribution in [1.82, 2.24) is 15.3 Å². The maximum Gasteiger partial charge on any atom is 0.258 e. The minimum absolute atomic E-state index is 0.118. The van der Waals surface area contributed by atoms with E-state index < -0.39 is 6.67 Å². The van der Waals surface area contributed by atoms with Crippen LogP contribution in [0.2, 0.25) is 0 Å². The lowest BCUT2D eigenvalue weighted by Crippen LogP contribution is -2.43. The molecule has 0 aliphatic carbocycles. The summed E-state index contributed by atoms with van der Waals surface area (Å²) in [6.07, 6.45) is 2.29. The van der Waals surface area contributed by atoms with E-state index in [9.17, 15) is 9.18 Å². The maximum atomic E-state index is 12.8. The Kier molecular flexibility index (Phi) is 8.19. The summed E-state index contributed by atoms with van der Waals surface area (Å²) in [6.45, 7) is 4.79. The molecule has 9 nitrogen and oxygen atoms in total. The highest BCUT2D eigenvalue weighted by molar-refractivity contribution is 5.98. The number of ether oxygens (including phenoxy) is 2. The molecule has 0 bridgehead atoms. The number of nitrogens with one attached hydrogen (secondary N) is 3. The Morgan fingerprint density at radius 2 is 1.94 bits per heavy atom. The van der Waals surface area contributed by atoms with Gasteiger partial charge in [-0.2, -0.15) is 0 Å². The average molecular weight is 481 g/mol. The molecule has 0 fully saturated rings. The van der Waals surface area contributed by atoms with Crippen LogP contribution in [-0.4, -0.2) is 47.5 Å². The molecule has 2 aromatic carbocycles. The monoisotopic (exact) mass is 480 g/mol. The van der Waals surface area contributed by atoms with Crippen molar-refractivity contribution in [2.45, 2.75) is 26.3 Å². The van der Waals surface area contributed by atoms with Crippen molar-refractivity contribution in [3.63, 3.8) is 0 Å². The zero-order valence-corrected chi connectivity index (χ0v) is 19.9. The SMILES string of the molecule is CC(C)(C)NC(=O)COc1cccc(-c2nc(N/C(C=N)=C/N)c3c(OCCF)cccc3n2)c1. The molecule has 184 valence electrons. The van der Waals surface area contributed by atoms with Crippen LogP contribution in [0, 0.1) is 5.41 Å². The first-order valence-corrected chi connectivity index (χ1v) is 11.0. The number of carbonyl (C=O) groups excluding carboxylic acids is 1. The molecule has 1 amide bonds. The minimum atomic E-state index is -0.646. The van der Waals surface area contributed by atoms with Gasteiger partial charge in [0.15, 0.2) is 12.4 Å². The fraction of sp³-hybridized carbons (Fsp3) is 0.280. The third-order valence-electron chi connectivity index (χ3n) is 4.59. The molecule has 5 N–H and O–H groups in total. The summed E-state index contributed by atoms with van der Waals surface area (Å²) in [7, 11) is 0. The number of fused-ring (bicyclic) bond motifs is 1. The number of nitrogens with two attached hydrogens (primary N) is 1. The first-order chi connectivity index (χ1) is 16.7. The van der Waals surface area contributed by atoms with E-state index in [0.717, 1.165) is 6.21 Å². The lowest BCUT2D eigenvalue weighted by Gasteiger charge is -2.20. The van der Waals surface area contributed by atoms with Gasteiger partial charge in [0.2, 0.25) is 0 Å². The third kappa shape index (κ3) is 6.89. The van der Waals surface area contributed by atoms with E-state index in [1.807, 2.05) is 26.8 Å². The summed E-state index contributed by atoms with van der Waals surface area (Å²) in [5, 5.41) is 13.9. The van der Waals surface area contributed by atoms with E-state index in [4.69, 9.17) is 20.6 Å². The standard InChI is InChI=1S/C25H29FN6O3/c1-25(2,3)32-21(33)15-35-18-7-4-6-16(12-18)23-30-19-8-5-9-20(34-11-10-26)22(19)24(31-23)29-17(13-27)14-28/h4-9,12-14,27H,10-11,15,28H2,1-3H3,(H,32,33)(H,29,30,31)/b17-14+,27-13?. The number of halogens is 1. The van der Waals surface area contributed by atoms with Gasteiger partial charge in [0.05, 0.1) is 16.6 Å². The van der Waals surface area contributed by atoms with E-state index in [1.165, 1.54) is 6.20 Å². The Labute approximate surface area is 203 Å². The molecule has 35 heavy (non-hydrogen) atoms. The highest BCUT2D eigenvalue weighted by atomic mass is 19.1. The van der Waals surface area contributed by atoms with Crippen LogP contribution in [0.3, 0.4) is 0 Å². The number of hydrogen-bond donors (Lipinski definition) is 4. The number of nitrogens with zero attached hydrogens (tertiary/aromatic N) is 2. The lowest BCUT2D eigenvalue weighted by atomic mass is 10.1. The van der Waals surface area contributed by atoms with Gasteiger partial charge in [-0.1, -0.05) is 18.2 Å². The molecule has 3 aromatic rings. The molecular weight excluding hydrogens is 451 g/mol. The second kappa shape index (κ2) is 11.3. The predicted molar refractivity (Wildman–Crippen MR) is 135 cm³/mol. The van der Waals surface area contributed by atoms with Crippen LogP contribution >= 0.6 is 0 Å². The number of aromatic nitrogens is 2. The number of hydrogen-bond acceptors (Lipinski definition) is 8. The van der Waals surface area contributed by atoms with Gasteiger partial charge in [0.25, 0.3) is 5.91 Å². The highest BCUT2D eigenvalue weighted by Gasteiger charge is 2.16. The summed E-state index contributed by atoms with van der Waals surface area (Å²) in [5.41, 5.74) is 6.75. The van der Waals surface area contributed by atoms with Crippen molar-refractivity contribution in [1.29, 1.82) is 5.41 Å². The lowest BCUT2D eigenvalue weighted by molar-refractivity contribution is -0.124. The van der Waals surface area contributed by atoms with E-state index >= 15 is 0 Å². The van der Waals surface area contributed by atoms with Crippen molar-refractivity contribution in [3.8, 4) is 22.9 Å². The molecule has 0 aliphatic heterocycles. The van der Waals surface area contributed by atoms with Crippen molar-refractivity contribution in [2.24, 2.45) is 5.73 Å². The Bertz CT molecular complexity index is 1240. The Morgan fingerprint density at radius 1 is 1.17 bits per heavy atom. The molecule has 1 heterocycles. The highest BCUT2D eigenvalue weighted by Crippen LogP contribution is 2.33. The molecule has 0 radical (unpaired) electrons. The molecule has 0 unspecified atom stereocenters. The van der Waals surface area contributed by atoms with Crippen LogP contribution < -0.4 is 25.8 Å². The fourth-order valence-electron chi connectivity index (χ4n) is 3.23. The average Bonchev–Trinajstić information content (AvgIpc) is 2.83. The van der Waals surface area contributed by atoms with Gasteiger partial charge in [-0.25, -0.2) is 14.4 Å². The molecular formula is C25H29FN6O3. The fourth-order valence-corrected chi connectivity index (χ4v) is 3.23. The van der Waals surface area contributed by atoms with Crippen molar-refractivity contribution in [2.75, 3.05) is 25.2 Å². The largest absolute Gasteiger partial charge is 0.490 e. The van der Waals surface area contributed by atoms with Gasteiger partial charge in [0, 0.05) is 23.5 Å². The van der Waals surface area contributed by atoms with Crippen LogP contribution in [0.15, 0.2) is 54.4 Å². The zero-order chi connectivity index (χ0) is 25.4. The molecule has 1 aromatic heterocycles. The second-order valence-electron chi connectivity index (χ2n) is 8.59. The predicted octanol–water partition coefficient (Wildman–Crippen LogP) is 3.80. The van der Waals surface area contributed by atoms with Crippen molar-refractivity contribution >= 4 is 28.8 Å². The van der Waals surface area contributed by atoms with Crippen molar-refractivity contribution in [3.05, 3.63) is 54.4 Å². The van der Waals surface area contributed by atoms with Gasteiger partial charge in [0.1, 0.15) is 30.6 Å². The van der Waals surface area contributed by atoms with Crippen LogP contribution in [0.25, 0.3) is 22.3 Å². The summed E-state index contributed by atoms with van der Waals surface area (Å²) < 4.78 is 24.0. The summed E-state index contributed by atoms with van der Waals surface area (Å²) in [6, 6.07) is 12.3. The van der Waals surface area contributed by atoms with Crippen LogP contribution in [-0.2, 0) is 4.79 Å². The summed E-state index contributed by atoms with van der Waals surface area (Å²) in [5.74, 6) is 1.36. The van der Waals surface area contributed by atoms with Gasteiger partial charge in [-0.3, -0.25) is 4.79 Å². The number of carbonyl (C=O) groups is 1. The smallest absolute Gasteiger partial charge is 0.258 e. The molecule has 0 spiro atoms. The molecule has 0 aliphatic rings. The molecule has 10 heteroatoms. The van der Waals surface area contributed by atoms with Gasteiger partial charge < -0.3 is 31.3 Å².